The average molecular weight is 362 g/mol. The van der Waals surface area contributed by atoms with Crippen molar-refractivity contribution in [2.75, 3.05) is 46.6 Å². The molecular weight excluding hydrogens is 326 g/mol. The highest BCUT2D eigenvalue weighted by Gasteiger charge is 2.15. The number of hydrogen-bond donors (Lipinski definition) is 1. The van der Waals surface area contributed by atoms with Crippen molar-refractivity contribution >= 4 is 5.96 Å². The minimum absolute atomic E-state index is 0.584. The summed E-state index contributed by atoms with van der Waals surface area (Å²) in [5.74, 6) is 1.54. The summed E-state index contributed by atoms with van der Waals surface area (Å²) >= 11 is 0. The first-order valence-electron chi connectivity index (χ1n) is 9.95. The summed E-state index contributed by atoms with van der Waals surface area (Å²) in [6, 6.07) is 8.83. The number of hydrogen-bond acceptors (Lipinski definition) is 3. The van der Waals surface area contributed by atoms with Crippen molar-refractivity contribution in [1.29, 1.82) is 0 Å². The molecule has 1 heterocycles. The zero-order valence-corrected chi connectivity index (χ0v) is 16.7. The van der Waals surface area contributed by atoms with Gasteiger partial charge in [-0.15, -0.1) is 0 Å². The summed E-state index contributed by atoms with van der Waals surface area (Å²) in [6.07, 6.45) is 3.16. The van der Waals surface area contributed by atoms with Crippen LogP contribution in [0, 0.1) is 5.92 Å². The van der Waals surface area contributed by atoms with E-state index in [4.69, 9.17) is 14.5 Å². The van der Waals surface area contributed by atoms with Crippen LogP contribution in [-0.4, -0.2) is 57.4 Å². The molecule has 0 radical (unpaired) electrons. The summed E-state index contributed by atoms with van der Waals surface area (Å²) in [7, 11) is 2.09. The zero-order chi connectivity index (χ0) is 18.6. The Bertz CT molecular complexity index is 525. The van der Waals surface area contributed by atoms with Crippen molar-refractivity contribution in [3.63, 3.8) is 0 Å². The standard InChI is InChI=1S/C21H35N3O2/c1-4-18-7-9-19(10-8-18)15-24(3)21(22-5-2)23-12-6-13-25-16-20-11-14-26-17-20/h7-10,20H,4-6,11-17H2,1-3H3,(H,22,23). The number of benzene rings is 1. The fraction of sp³-hybridized carbons (Fsp3) is 0.667. The Morgan fingerprint density at radius 1 is 1.27 bits per heavy atom. The molecule has 1 N–H and O–H groups in total. The molecule has 1 aliphatic rings. The lowest BCUT2D eigenvalue weighted by molar-refractivity contribution is 0.0893. The van der Waals surface area contributed by atoms with E-state index in [0.717, 1.165) is 71.3 Å². The van der Waals surface area contributed by atoms with Gasteiger partial charge in [-0.2, -0.15) is 0 Å². The van der Waals surface area contributed by atoms with E-state index in [9.17, 15) is 0 Å². The lowest BCUT2D eigenvalue weighted by Gasteiger charge is -2.22. The Hall–Kier alpha value is -1.59. The lowest BCUT2D eigenvalue weighted by Crippen LogP contribution is -2.38. The molecule has 1 aliphatic heterocycles. The smallest absolute Gasteiger partial charge is 0.193 e. The Kier molecular flexibility index (Phi) is 9.50. The second kappa shape index (κ2) is 11.9. The molecule has 1 aromatic carbocycles. The lowest BCUT2D eigenvalue weighted by atomic mass is 10.1. The van der Waals surface area contributed by atoms with Gasteiger partial charge in [0.1, 0.15) is 0 Å². The molecule has 5 nitrogen and oxygen atoms in total. The molecule has 0 saturated carbocycles. The predicted molar refractivity (Wildman–Crippen MR) is 108 cm³/mol. The van der Waals surface area contributed by atoms with E-state index in [-0.39, 0.29) is 0 Å². The fourth-order valence-electron chi connectivity index (χ4n) is 3.02. The average Bonchev–Trinajstić information content (AvgIpc) is 3.17. The highest BCUT2D eigenvalue weighted by Crippen LogP contribution is 2.12. The molecule has 1 saturated heterocycles. The van der Waals surface area contributed by atoms with Gasteiger partial charge in [0.15, 0.2) is 5.96 Å². The fourth-order valence-corrected chi connectivity index (χ4v) is 3.02. The minimum Gasteiger partial charge on any atom is -0.381 e. The van der Waals surface area contributed by atoms with E-state index in [0.29, 0.717) is 5.92 Å². The SMILES string of the molecule is CCNC(=NCCCOCC1CCOC1)N(C)Cc1ccc(CC)cc1. The van der Waals surface area contributed by atoms with E-state index >= 15 is 0 Å². The van der Waals surface area contributed by atoms with Crippen LogP contribution in [0.1, 0.15) is 37.8 Å². The maximum Gasteiger partial charge on any atom is 0.193 e. The van der Waals surface area contributed by atoms with Crippen molar-refractivity contribution in [3.05, 3.63) is 35.4 Å². The van der Waals surface area contributed by atoms with Gasteiger partial charge in [0.2, 0.25) is 0 Å². The molecule has 0 spiro atoms. The topological polar surface area (TPSA) is 46.1 Å². The maximum absolute atomic E-state index is 5.75. The van der Waals surface area contributed by atoms with Crippen LogP contribution >= 0.6 is 0 Å². The van der Waals surface area contributed by atoms with Gasteiger partial charge in [-0.25, -0.2) is 0 Å². The van der Waals surface area contributed by atoms with Crippen LogP contribution in [0.3, 0.4) is 0 Å². The van der Waals surface area contributed by atoms with Crippen LogP contribution < -0.4 is 5.32 Å². The number of nitrogens with zero attached hydrogens (tertiary/aromatic N) is 2. The first kappa shape index (κ1) is 20.7. The highest BCUT2D eigenvalue weighted by atomic mass is 16.5. The number of aliphatic imine (C=N–C) groups is 1. The first-order valence-corrected chi connectivity index (χ1v) is 9.95. The van der Waals surface area contributed by atoms with Gasteiger partial charge in [0, 0.05) is 45.8 Å². The number of aryl methyl sites for hydroxylation is 1. The second-order valence-electron chi connectivity index (χ2n) is 6.92. The van der Waals surface area contributed by atoms with Crippen molar-refractivity contribution < 1.29 is 9.47 Å². The van der Waals surface area contributed by atoms with E-state index in [2.05, 4.69) is 55.4 Å². The van der Waals surface area contributed by atoms with Crippen molar-refractivity contribution in [1.82, 2.24) is 10.2 Å². The van der Waals surface area contributed by atoms with Crippen LogP contribution in [0.15, 0.2) is 29.3 Å². The van der Waals surface area contributed by atoms with E-state index < -0.39 is 0 Å². The molecule has 0 aliphatic carbocycles. The third-order valence-corrected chi connectivity index (χ3v) is 4.63. The number of guanidine groups is 1. The molecule has 5 heteroatoms. The maximum atomic E-state index is 5.75. The van der Waals surface area contributed by atoms with Gasteiger partial charge in [0.05, 0.1) is 13.2 Å². The summed E-state index contributed by atoms with van der Waals surface area (Å²) in [6.45, 7) is 10.1. The molecule has 0 amide bonds. The molecule has 2 rings (SSSR count). The number of ether oxygens (including phenoxy) is 2. The van der Waals surface area contributed by atoms with Gasteiger partial charge in [-0.1, -0.05) is 31.2 Å². The summed E-state index contributed by atoms with van der Waals surface area (Å²) in [5, 5.41) is 3.38. The Balaban J connectivity index is 1.72. The molecule has 146 valence electrons. The molecule has 0 bridgehead atoms. The molecule has 0 aromatic heterocycles. The molecule has 1 aromatic rings. The molecule has 1 atom stereocenters. The molecular formula is C21H35N3O2. The minimum atomic E-state index is 0.584. The quantitative estimate of drug-likeness (QED) is 0.395. The molecule has 26 heavy (non-hydrogen) atoms. The van der Waals surface area contributed by atoms with Gasteiger partial charge < -0.3 is 19.7 Å². The second-order valence-corrected chi connectivity index (χ2v) is 6.92. The van der Waals surface area contributed by atoms with Crippen molar-refractivity contribution in [2.24, 2.45) is 10.9 Å². The third kappa shape index (κ3) is 7.34. The number of nitrogens with one attached hydrogen (secondary N) is 1. The van der Waals surface area contributed by atoms with Crippen molar-refractivity contribution in [3.8, 4) is 0 Å². The largest absolute Gasteiger partial charge is 0.381 e. The highest BCUT2D eigenvalue weighted by molar-refractivity contribution is 5.79. The van der Waals surface area contributed by atoms with E-state index in [1.165, 1.54) is 11.1 Å². The van der Waals surface area contributed by atoms with Gasteiger partial charge in [-0.3, -0.25) is 4.99 Å². The predicted octanol–water partition coefficient (Wildman–Crippen LogP) is 3.09. The van der Waals surface area contributed by atoms with Crippen LogP contribution in [0.25, 0.3) is 0 Å². The Labute approximate surface area is 158 Å². The van der Waals surface area contributed by atoms with Crippen LogP contribution in [0.4, 0.5) is 0 Å². The number of rotatable bonds is 10. The normalized spacial score (nSPS) is 17.5. The van der Waals surface area contributed by atoms with Gasteiger partial charge in [0.25, 0.3) is 0 Å². The molecule has 1 unspecified atom stereocenters. The van der Waals surface area contributed by atoms with E-state index in [1.54, 1.807) is 0 Å². The van der Waals surface area contributed by atoms with E-state index in [1.807, 2.05) is 0 Å². The van der Waals surface area contributed by atoms with Crippen molar-refractivity contribution in [2.45, 2.75) is 39.7 Å². The summed E-state index contributed by atoms with van der Waals surface area (Å²) in [5.41, 5.74) is 2.68. The summed E-state index contributed by atoms with van der Waals surface area (Å²) in [4.78, 5) is 6.92. The zero-order valence-electron chi connectivity index (χ0n) is 16.7. The van der Waals surface area contributed by atoms with Crippen LogP contribution in [0.5, 0.6) is 0 Å². The van der Waals surface area contributed by atoms with Gasteiger partial charge >= 0.3 is 0 Å². The summed E-state index contributed by atoms with van der Waals surface area (Å²) < 4.78 is 11.1. The first-order chi connectivity index (χ1) is 12.7. The molecule has 1 fully saturated rings. The third-order valence-electron chi connectivity index (χ3n) is 4.63. The van der Waals surface area contributed by atoms with Gasteiger partial charge in [-0.05, 0) is 37.3 Å². The van der Waals surface area contributed by atoms with Crippen LogP contribution in [0.2, 0.25) is 0 Å². The van der Waals surface area contributed by atoms with Crippen LogP contribution in [-0.2, 0) is 22.4 Å². The Morgan fingerprint density at radius 3 is 2.69 bits per heavy atom. The Morgan fingerprint density at radius 2 is 2.04 bits per heavy atom. The monoisotopic (exact) mass is 361 g/mol.